The van der Waals surface area contributed by atoms with Gasteiger partial charge in [-0.15, -0.1) is 0 Å². The third-order valence-electron chi connectivity index (χ3n) is 4.73. The molecule has 0 saturated heterocycles. The number of nitrogens with zero attached hydrogens (tertiary/aromatic N) is 1. The third-order valence-corrected chi connectivity index (χ3v) is 4.73. The summed E-state index contributed by atoms with van der Waals surface area (Å²) in [5, 5.41) is 2.92. The van der Waals surface area contributed by atoms with Crippen molar-refractivity contribution in [1.82, 2.24) is 9.97 Å². The van der Waals surface area contributed by atoms with Gasteiger partial charge in [-0.25, -0.2) is 4.98 Å². The van der Waals surface area contributed by atoms with E-state index in [1.807, 2.05) is 24.3 Å². The zero-order valence-corrected chi connectivity index (χ0v) is 12.4. The van der Waals surface area contributed by atoms with Crippen molar-refractivity contribution in [2.45, 2.75) is 32.6 Å². The Balaban J connectivity index is 1.78. The van der Waals surface area contributed by atoms with Crippen LogP contribution in [0.4, 0.5) is 5.95 Å². The molecule has 0 aliphatic heterocycles. The minimum Gasteiger partial charge on any atom is -0.329 e. The molecule has 112 valence electrons. The van der Waals surface area contributed by atoms with Gasteiger partial charge in [-0.2, -0.15) is 0 Å². The highest BCUT2D eigenvalue weighted by molar-refractivity contribution is 5.95. The fraction of sp³-hybridized carbons (Fsp3) is 0.500. The smallest absolute Gasteiger partial charge is 0.234 e. The Hall–Kier alpha value is -1.88. The van der Waals surface area contributed by atoms with Crippen molar-refractivity contribution in [3.63, 3.8) is 0 Å². The highest BCUT2D eigenvalue weighted by Gasteiger charge is 2.40. The summed E-state index contributed by atoms with van der Waals surface area (Å²) in [6.45, 7) is 2.63. The number of nitrogens with one attached hydrogen (secondary N) is 2. The van der Waals surface area contributed by atoms with E-state index in [1.54, 1.807) is 0 Å². The number of H-pyrrole nitrogens is 1. The molecular formula is C16H22N4O. The summed E-state index contributed by atoms with van der Waals surface area (Å²) in [6, 6.07) is 7.73. The molecule has 5 heteroatoms. The van der Waals surface area contributed by atoms with Gasteiger partial charge in [-0.1, -0.05) is 19.1 Å². The van der Waals surface area contributed by atoms with Crippen molar-refractivity contribution in [3.8, 4) is 0 Å². The zero-order chi connectivity index (χ0) is 14.9. The van der Waals surface area contributed by atoms with Crippen LogP contribution in [0.1, 0.15) is 32.6 Å². The van der Waals surface area contributed by atoms with E-state index in [9.17, 15) is 4.79 Å². The third kappa shape index (κ3) is 2.65. The van der Waals surface area contributed by atoms with E-state index in [-0.39, 0.29) is 5.91 Å². The quantitative estimate of drug-likeness (QED) is 0.811. The fourth-order valence-corrected chi connectivity index (χ4v) is 3.09. The van der Waals surface area contributed by atoms with Crippen LogP contribution in [0, 0.1) is 11.3 Å². The van der Waals surface area contributed by atoms with E-state index >= 15 is 0 Å². The SMILES string of the molecule is CC1CCC(CN)(C(=O)Nc2nc3ccccc3[nH]2)CC1. The van der Waals surface area contributed by atoms with Gasteiger partial charge in [0.1, 0.15) is 0 Å². The van der Waals surface area contributed by atoms with Gasteiger partial charge in [-0.3, -0.25) is 10.1 Å². The second kappa shape index (κ2) is 5.48. The Bertz CT molecular complexity index is 608. The van der Waals surface area contributed by atoms with Crippen molar-refractivity contribution >= 4 is 22.9 Å². The molecule has 1 saturated carbocycles. The molecule has 1 aliphatic rings. The first-order valence-corrected chi connectivity index (χ1v) is 7.59. The molecule has 0 spiro atoms. The second-order valence-corrected chi connectivity index (χ2v) is 6.22. The van der Waals surface area contributed by atoms with E-state index in [4.69, 9.17) is 5.73 Å². The fourth-order valence-electron chi connectivity index (χ4n) is 3.09. The summed E-state index contributed by atoms with van der Waals surface area (Å²) >= 11 is 0. The predicted molar refractivity (Wildman–Crippen MR) is 83.8 cm³/mol. The average Bonchev–Trinajstić information content (AvgIpc) is 2.90. The molecule has 5 nitrogen and oxygen atoms in total. The Kier molecular flexibility index (Phi) is 3.68. The summed E-state index contributed by atoms with van der Waals surface area (Å²) < 4.78 is 0. The van der Waals surface area contributed by atoms with Crippen LogP contribution in [-0.2, 0) is 4.79 Å². The molecule has 1 aromatic heterocycles. The molecule has 21 heavy (non-hydrogen) atoms. The number of nitrogens with two attached hydrogens (primary N) is 1. The Morgan fingerprint density at radius 1 is 1.43 bits per heavy atom. The number of aromatic amines is 1. The molecule has 0 bridgehead atoms. The van der Waals surface area contributed by atoms with Crippen LogP contribution in [-0.4, -0.2) is 22.4 Å². The predicted octanol–water partition coefficient (Wildman–Crippen LogP) is 2.66. The first-order valence-electron chi connectivity index (χ1n) is 7.59. The lowest BCUT2D eigenvalue weighted by Gasteiger charge is -2.36. The number of rotatable bonds is 3. The largest absolute Gasteiger partial charge is 0.329 e. The lowest BCUT2D eigenvalue weighted by molar-refractivity contribution is -0.127. The summed E-state index contributed by atoms with van der Waals surface area (Å²) in [7, 11) is 0. The molecular weight excluding hydrogens is 264 g/mol. The number of fused-ring (bicyclic) bond motifs is 1. The van der Waals surface area contributed by atoms with E-state index in [2.05, 4.69) is 22.2 Å². The maximum Gasteiger partial charge on any atom is 0.234 e. The average molecular weight is 286 g/mol. The number of carbonyl (C=O) groups excluding carboxylic acids is 1. The molecule has 1 aromatic carbocycles. The van der Waals surface area contributed by atoms with E-state index < -0.39 is 5.41 Å². The molecule has 0 unspecified atom stereocenters. The van der Waals surface area contributed by atoms with E-state index in [0.717, 1.165) is 36.7 Å². The second-order valence-electron chi connectivity index (χ2n) is 6.22. The maximum absolute atomic E-state index is 12.7. The number of benzene rings is 1. The standard InChI is InChI=1S/C16H22N4O/c1-11-6-8-16(10-17,9-7-11)14(21)20-15-18-12-4-2-3-5-13(12)19-15/h2-5,11H,6-10,17H2,1H3,(H2,18,19,20,21). The van der Waals surface area contributed by atoms with Gasteiger partial charge in [0.2, 0.25) is 11.9 Å². The van der Waals surface area contributed by atoms with Gasteiger partial charge >= 0.3 is 0 Å². The van der Waals surface area contributed by atoms with Crippen molar-refractivity contribution in [2.24, 2.45) is 17.1 Å². The number of amides is 1. The summed E-state index contributed by atoms with van der Waals surface area (Å²) in [6.07, 6.45) is 3.84. The molecule has 4 N–H and O–H groups in total. The zero-order valence-electron chi connectivity index (χ0n) is 12.4. The van der Waals surface area contributed by atoms with Crippen LogP contribution in [0.2, 0.25) is 0 Å². The van der Waals surface area contributed by atoms with Gasteiger partial charge in [0, 0.05) is 6.54 Å². The molecule has 2 aromatic rings. The van der Waals surface area contributed by atoms with Crippen molar-refractivity contribution < 1.29 is 4.79 Å². The van der Waals surface area contributed by atoms with E-state index in [0.29, 0.717) is 18.4 Å². The Labute approximate surface area is 124 Å². The summed E-state index contributed by atoms with van der Waals surface area (Å²) in [5.74, 6) is 1.19. The van der Waals surface area contributed by atoms with Gasteiger partial charge in [0.25, 0.3) is 0 Å². The number of hydrogen-bond donors (Lipinski definition) is 3. The molecule has 1 heterocycles. The Morgan fingerprint density at radius 3 is 2.81 bits per heavy atom. The van der Waals surface area contributed by atoms with Gasteiger partial charge in [0.15, 0.2) is 0 Å². The lowest BCUT2D eigenvalue weighted by atomic mass is 9.70. The van der Waals surface area contributed by atoms with Crippen molar-refractivity contribution in [1.29, 1.82) is 0 Å². The lowest BCUT2D eigenvalue weighted by Crippen LogP contribution is -2.45. The van der Waals surface area contributed by atoms with Crippen molar-refractivity contribution in [3.05, 3.63) is 24.3 Å². The number of carbonyl (C=O) groups is 1. The van der Waals surface area contributed by atoms with Crippen LogP contribution in [0.5, 0.6) is 0 Å². The monoisotopic (exact) mass is 286 g/mol. The molecule has 0 atom stereocenters. The molecule has 1 aliphatic carbocycles. The van der Waals surface area contributed by atoms with Crippen LogP contribution in [0.3, 0.4) is 0 Å². The highest BCUT2D eigenvalue weighted by Crippen LogP contribution is 2.38. The summed E-state index contributed by atoms with van der Waals surface area (Å²) in [4.78, 5) is 20.2. The number of para-hydroxylation sites is 2. The van der Waals surface area contributed by atoms with Gasteiger partial charge < -0.3 is 10.7 Å². The van der Waals surface area contributed by atoms with Gasteiger partial charge in [-0.05, 0) is 43.7 Å². The molecule has 1 amide bonds. The topological polar surface area (TPSA) is 83.8 Å². The summed E-state index contributed by atoms with van der Waals surface area (Å²) in [5.41, 5.74) is 7.26. The first-order chi connectivity index (χ1) is 10.1. The normalized spacial score (nSPS) is 25.9. The number of anilines is 1. The van der Waals surface area contributed by atoms with Crippen LogP contribution in [0.15, 0.2) is 24.3 Å². The maximum atomic E-state index is 12.7. The molecule has 0 radical (unpaired) electrons. The highest BCUT2D eigenvalue weighted by atomic mass is 16.2. The number of hydrogen-bond acceptors (Lipinski definition) is 3. The number of aromatic nitrogens is 2. The minimum absolute atomic E-state index is 0.00374. The minimum atomic E-state index is -0.439. The van der Waals surface area contributed by atoms with Crippen LogP contribution < -0.4 is 11.1 Å². The van der Waals surface area contributed by atoms with Crippen LogP contribution in [0.25, 0.3) is 11.0 Å². The Morgan fingerprint density at radius 2 is 2.14 bits per heavy atom. The first kappa shape index (κ1) is 14.1. The van der Waals surface area contributed by atoms with Crippen molar-refractivity contribution in [2.75, 3.05) is 11.9 Å². The molecule has 1 fully saturated rings. The van der Waals surface area contributed by atoms with E-state index in [1.165, 1.54) is 0 Å². The molecule has 3 rings (SSSR count). The van der Waals surface area contributed by atoms with Crippen LogP contribution >= 0.6 is 0 Å². The number of imidazole rings is 1. The van der Waals surface area contributed by atoms with Gasteiger partial charge in [0.05, 0.1) is 16.4 Å².